The van der Waals surface area contributed by atoms with Crippen molar-refractivity contribution in [2.45, 2.75) is 26.6 Å². The fourth-order valence-electron chi connectivity index (χ4n) is 1.87. The summed E-state index contributed by atoms with van der Waals surface area (Å²) in [6.07, 6.45) is 0.0333. The summed E-state index contributed by atoms with van der Waals surface area (Å²) in [5.41, 5.74) is 1.54. The molecular weight excluding hydrogens is 348 g/mol. The maximum atomic E-state index is 10.7. The quantitative estimate of drug-likeness (QED) is 0.869. The Morgan fingerprint density at radius 1 is 1.27 bits per heavy atom. The summed E-state index contributed by atoms with van der Waals surface area (Å²) in [5.74, 6) is 0.652. The van der Waals surface area contributed by atoms with Gasteiger partial charge in [0, 0.05) is 10.0 Å². The summed E-state index contributed by atoms with van der Waals surface area (Å²) in [5, 5.41) is 8.79. The number of halogens is 1. The van der Waals surface area contributed by atoms with Crippen molar-refractivity contribution < 1.29 is 19.4 Å². The first-order valence-corrected chi connectivity index (χ1v) is 7.66. The van der Waals surface area contributed by atoms with E-state index in [9.17, 15) is 4.79 Å². The molecule has 0 saturated carbocycles. The predicted molar refractivity (Wildman–Crippen MR) is 87.6 cm³/mol. The van der Waals surface area contributed by atoms with Gasteiger partial charge < -0.3 is 14.6 Å². The van der Waals surface area contributed by atoms with Crippen LogP contribution in [0, 0.1) is 0 Å². The van der Waals surface area contributed by atoms with Crippen LogP contribution in [0.4, 0.5) is 0 Å². The molecule has 0 spiro atoms. The second-order valence-electron chi connectivity index (χ2n) is 5.04. The zero-order valence-electron chi connectivity index (χ0n) is 12.4. The lowest BCUT2D eigenvalue weighted by Crippen LogP contribution is -2.07. The first kappa shape index (κ1) is 16.4. The molecule has 2 aromatic carbocycles. The van der Waals surface area contributed by atoms with E-state index in [1.807, 2.05) is 32.0 Å². The van der Waals surface area contributed by atoms with Crippen LogP contribution < -0.4 is 9.47 Å². The van der Waals surface area contributed by atoms with E-state index in [-0.39, 0.29) is 11.7 Å². The predicted octanol–water partition coefficient (Wildman–Crippen LogP) is 4.51. The SMILES string of the molecule is CC(C)Oc1cc(Br)cc(C(=O)O)c1.c1ccc2c(c1)CO2. The Morgan fingerprint density at radius 2 is 2.00 bits per heavy atom. The number of rotatable bonds is 3. The third-order valence-corrected chi connectivity index (χ3v) is 3.30. The van der Waals surface area contributed by atoms with Crippen molar-refractivity contribution in [3.05, 3.63) is 58.1 Å². The lowest BCUT2D eigenvalue weighted by molar-refractivity contribution is 0.0696. The number of carboxylic acid groups (broad SMARTS) is 1. The molecule has 0 fully saturated rings. The van der Waals surface area contributed by atoms with Gasteiger partial charge in [-0.05, 0) is 38.1 Å². The lowest BCUT2D eigenvalue weighted by Gasteiger charge is -2.18. The van der Waals surface area contributed by atoms with Crippen LogP contribution in [0.1, 0.15) is 29.8 Å². The zero-order chi connectivity index (χ0) is 16.1. The summed E-state index contributed by atoms with van der Waals surface area (Å²) in [6.45, 7) is 4.58. The van der Waals surface area contributed by atoms with Crippen LogP contribution in [0.2, 0.25) is 0 Å². The summed E-state index contributed by atoms with van der Waals surface area (Å²) in [7, 11) is 0. The highest BCUT2D eigenvalue weighted by molar-refractivity contribution is 9.10. The van der Waals surface area contributed by atoms with Gasteiger partial charge in [0.1, 0.15) is 18.1 Å². The first-order valence-electron chi connectivity index (χ1n) is 6.87. The first-order chi connectivity index (χ1) is 10.5. The van der Waals surface area contributed by atoms with Crippen molar-refractivity contribution in [2.75, 3.05) is 0 Å². The summed E-state index contributed by atoms with van der Waals surface area (Å²) in [6, 6.07) is 12.9. The monoisotopic (exact) mass is 364 g/mol. The highest BCUT2D eigenvalue weighted by atomic mass is 79.9. The Hall–Kier alpha value is -2.01. The zero-order valence-corrected chi connectivity index (χ0v) is 14.0. The second kappa shape index (κ2) is 7.31. The van der Waals surface area contributed by atoms with E-state index in [1.165, 1.54) is 17.7 Å². The molecule has 3 rings (SSSR count). The van der Waals surface area contributed by atoms with Crippen molar-refractivity contribution in [3.63, 3.8) is 0 Å². The van der Waals surface area contributed by atoms with Gasteiger partial charge in [0.05, 0.1) is 11.7 Å². The van der Waals surface area contributed by atoms with Gasteiger partial charge in [-0.25, -0.2) is 4.79 Å². The van der Waals surface area contributed by atoms with Crippen molar-refractivity contribution in [1.82, 2.24) is 0 Å². The molecule has 0 saturated heterocycles. The van der Waals surface area contributed by atoms with Crippen LogP contribution in [0.5, 0.6) is 11.5 Å². The number of fused-ring (bicyclic) bond motifs is 1. The van der Waals surface area contributed by atoms with Crippen LogP contribution >= 0.6 is 15.9 Å². The maximum absolute atomic E-state index is 10.7. The third-order valence-electron chi connectivity index (χ3n) is 2.85. The van der Waals surface area contributed by atoms with Gasteiger partial charge in [-0.15, -0.1) is 0 Å². The van der Waals surface area contributed by atoms with Crippen LogP contribution in [-0.4, -0.2) is 17.2 Å². The van der Waals surface area contributed by atoms with Crippen molar-refractivity contribution in [3.8, 4) is 11.5 Å². The van der Waals surface area contributed by atoms with E-state index in [0.29, 0.717) is 10.2 Å². The molecule has 0 aromatic heterocycles. The summed E-state index contributed by atoms with van der Waals surface area (Å²) >= 11 is 3.23. The molecule has 1 aliphatic rings. The number of carbonyl (C=O) groups is 1. The molecule has 2 aromatic rings. The highest BCUT2D eigenvalue weighted by Crippen LogP contribution is 2.27. The third kappa shape index (κ3) is 4.49. The van der Waals surface area contributed by atoms with E-state index in [4.69, 9.17) is 14.6 Å². The molecule has 1 heterocycles. The number of carboxylic acids is 1. The minimum atomic E-state index is -0.958. The van der Waals surface area contributed by atoms with E-state index >= 15 is 0 Å². The molecule has 1 N–H and O–H groups in total. The fraction of sp³-hybridized carbons (Fsp3) is 0.235. The van der Waals surface area contributed by atoms with E-state index < -0.39 is 5.97 Å². The molecule has 4 nitrogen and oxygen atoms in total. The maximum Gasteiger partial charge on any atom is 0.335 e. The number of benzene rings is 2. The molecule has 1 aliphatic heterocycles. The summed E-state index contributed by atoms with van der Waals surface area (Å²) in [4.78, 5) is 10.7. The van der Waals surface area contributed by atoms with Crippen LogP contribution in [-0.2, 0) is 6.61 Å². The fourth-order valence-corrected chi connectivity index (χ4v) is 2.34. The number of ether oxygens (including phenoxy) is 2. The smallest absolute Gasteiger partial charge is 0.335 e. The molecule has 5 heteroatoms. The van der Waals surface area contributed by atoms with Gasteiger partial charge in [0.25, 0.3) is 0 Å². The Labute approximate surface area is 137 Å². The Bertz CT molecular complexity index is 644. The summed E-state index contributed by atoms with van der Waals surface area (Å²) < 4.78 is 11.2. The highest BCUT2D eigenvalue weighted by Gasteiger charge is 2.10. The van der Waals surface area contributed by atoms with Crippen LogP contribution in [0.15, 0.2) is 46.9 Å². The van der Waals surface area contributed by atoms with Crippen LogP contribution in [0.25, 0.3) is 0 Å². The molecule has 0 amide bonds. The average Bonchev–Trinajstić information content (AvgIpc) is 2.39. The van der Waals surface area contributed by atoms with E-state index in [2.05, 4.69) is 22.0 Å². The van der Waals surface area contributed by atoms with Crippen molar-refractivity contribution in [1.29, 1.82) is 0 Å². The van der Waals surface area contributed by atoms with Gasteiger partial charge in [0.2, 0.25) is 0 Å². The second-order valence-corrected chi connectivity index (χ2v) is 5.96. The molecule has 0 aliphatic carbocycles. The number of hydrogen-bond acceptors (Lipinski definition) is 3. The molecule has 0 atom stereocenters. The molecule has 0 bridgehead atoms. The lowest BCUT2D eigenvalue weighted by atomic mass is 10.1. The van der Waals surface area contributed by atoms with Gasteiger partial charge >= 0.3 is 5.97 Å². The van der Waals surface area contributed by atoms with Crippen molar-refractivity contribution in [2.24, 2.45) is 0 Å². The molecule has 0 unspecified atom stereocenters. The normalized spacial score (nSPS) is 11.5. The van der Waals surface area contributed by atoms with Gasteiger partial charge in [-0.1, -0.05) is 34.1 Å². The minimum Gasteiger partial charge on any atom is -0.491 e. The van der Waals surface area contributed by atoms with E-state index in [0.717, 1.165) is 12.4 Å². The Morgan fingerprint density at radius 3 is 2.45 bits per heavy atom. The minimum absolute atomic E-state index is 0.0333. The molecule has 116 valence electrons. The standard InChI is InChI=1S/C10H11BrO3.C7H6O/c1-6(2)14-9-4-7(10(12)13)3-8(11)5-9;1-2-4-7-6(3-1)5-8-7/h3-6H,1-2H3,(H,12,13);1-4H,5H2. The van der Waals surface area contributed by atoms with Crippen LogP contribution in [0.3, 0.4) is 0 Å². The average molecular weight is 365 g/mol. The van der Waals surface area contributed by atoms with Gasteiger partial charge in [-0.2, -0.15) is 0 Å². The van der Waals surface area contributed by atoms with Gasteiger partial charge in [0.15, 0.2) is 0 Å². The molecule has 0 radical (unpaired) electrons. The molecule has 22 heavy (non-hydrogen) atoms. The van der Waals surface area contributed by atoms with Crippen molar-refractivity contribution >= 4 is 21.9 Å². The number of aromatic carboxylic acids is 1. The van der Waals surface area contributed by atoms with Gasteiger partial charge in [-0.3, -0.25) is 0 Å². The number of para-hydroxylation sites is 1. The molecular formula is C17H17BrO4. The Kier molecular flexibility index (Phi) is 5.44. The topological polar surface area (TPSA) is 55.8 Å². The largest absolute Gasteiger partial charge is 0.491 e. The Balaban J connectivity index is 0.000000183. The van der Waals surface area contributed by atoms with E-state index in [1.54, 1.807) is 6.07 Å². The number of hydrogen-bond donors (Lipinski definition) is 1.